The lowest BCUT2D eigenvalue weighted by Crippen LogP contribution is -2.62. The molecule has 4 aliphatic heterocycles. The summed E-state index contributed by atoms with van der Waals surface area (Å²) in [6.45, 7) is 19.8. The molecular weight excluding hydrogens is 506 g/mol. The van der Waals surface area contributed by atoms with Gasteiger partial charge in [-0.1, -0.05) is 72.8 Å². The molecule has 224 valence electrons. The van der Waals surface area contributed by atoms with Gasteiger partial charge < -0.3 is 24.5 Å². The summed E-state index contributed by atoms with van der Waals surface area (Å²) in [5.41, 5.74) is -2.82. The van der Waals surface area contributed by atoms with E-state index in [9.17, 15) is 19.5 Å². The number of hydrogen-bond donors (Lipinski definition) is 1. The zero-order valence-corrected chi connectivity index (χ0v) is 26.1. The van der Waals surface area contributed by atoms with Crippen LogP contribution in [0, 0.1) is 23.2 Å². The van der Waals surface area contributed by atoms with Gasteiger partial charge in [0, 0.05) is 25.2 Å². The van der Waals surface area contributed by atoms with Crippen LogP contribution in [0.3, 0.4) is 0 Å². The summed E-state index contributed by atoms with van der Waals surface area (Å²) in [4.78, 5) is 49.0. The molecule has 0 aromatic heterocycles. The molecule has 2 saturated heterocycles. The largest absolute Gasteiger partial charge is 0.394 e. The summed E-state index contributed by atoms with van der Waals surface area (Å²) in [5.74, 6) is -2.25. The van der Waals surface area contributed by atoms with E-state index in [1.165, 1.54) is 0 Å². The van der Waals surface area contributed by atoms with Gasteiger partial charge in [0.2, 0.25) is 17.7 Å². The van der Waals surface area contributed by atoms with Gasteiger partial charge >= 0.3 is 0 Å². The van der Waals surface area contributed by atoms with Crippen LogP contribution in [0.25, 0.3) is 0 Å². The molecule has 1 spiro atoms. The average Bonchev–Trinajstić information content (AvgIpc) is 3.13. The maximum absolute atomic E-state index is 14.8. The van der Waals surface area contributed by atoms with Crippen LogP contribution in [0.4, 0.5) is 0 Å². The third-order valence-electron chi connectivity index (χ3n) is 9.46. The van der Waals surface area contributed by atoms with E-state index in [0.29, 0.717) is 26.1 Å². The molecule has 8 heteroatoms. The number of carbonyl (C=O) groups is 3. The second kappa shape index (κ2) is 10.6. The highest BCUT2D eigenvalue weighted by molar-refractivity contribution is 6.00. The zero-order valence-electron chi connectivity index (χ0n) is 26.1. The first-order valence-corrected chi connectivity index (χ1v) is 15.2. The lowest BCUT2D eigenvalue weighted by atomic mass is 9.72. The molecule has 4 aliphatic rings. The molecule has 40 heavy (non-hydrogen) atoms. The van der Waals surface area contributed by atoms with E-state index < -0.39 is 40.7 Å². The van der Waals surface area contributed by atoms with E-state index in [-0.39, 0.29) is 35.7 Å². The smallest absolute Gasteiger partial charge is 0.249 e. The number of carbonyl (C=O) groups excluding carboxylic acids is 3. The second-order valence-corrected chi connectivity index (χ2v) is 14.4. The fourth-order valence-corrected chi connectivity index (χ4v) is 8.14. The predicted octanol–water partition coefficient (Wildman–Crippen LogP) is 3.79. The van der Waals surface area contributed by atoms with Gasteiger partial charge in [-0.05, 0) is 44.4 Å². The molecule has 1 N–H and O–H groups in total. The third-order valence-corrected chi connectivity index (χ3v) is 9.46. The fourth-order valence-electron chi connectivity index (χ4n) is 8.14. The fraction of sp³-hybridized carbons (Fsp3) is 0.781. The Hall–Kier alpha value is -2.19. The number of nitrogens with zero attached hydrogens (tertiary/aromatic N) is 3. The first kappa shape index (κ1) is 30.8. The van der Waals surface area contributed by atoms with E-state index in [4.69, 9.17) is 4.74 Å². The van der Waals surface area contributed by atoms with Gasteiger partial charge in [-0.15, -0.1) is 0 Å². The minimum absolute atomic E-state index is 0.0277. The van der Waals surface area contributed by atoms with Crippen molar-refractivity contribution < 1.29 is 24.2 Å². The first-order chi connectivity index (χ1) is 18.6. The van der Waals surface area contributed by atoms with E-state index >= 15 is 0 Å². The Labute approximate surface area is 240 Å². The SMILES string of the molecule is CCCN1CC=C[C@@]2(CC)O[C@]34C=CCN(C(C)(C)CC(C)(C)C)C(=O)C3N([C@@H](CO)C(C)C)C(=O)[C@@H]4[C@H]2C1=O. The summed E-state index contributed by atoms with van der Waals surface area (Å²) >= 11 is 0. The summed E-state index contributed by atoms with van der Waals surface area (Å²) in [5, 5.41) is 10.5. The quantitative estimate of drug-likeness (QED) is 0.459. The Morgan fingerprint density at radius 2 is 1.62 bits per heavy atom. The minimum atomic E-state index is -1.31. The van der Waals surface area contributed by atoms with Gasteiger partial charge in [0.15, 0.2) is 0 Å². The first-order valence-electron chi connectivity index (χ1n) is 15.2. The van der Waals surface area contributed by atoms with Crippen molar-refractivity contribution in [2.45, 2.75) is 110 Å². The Balaban J connectivity index is 1.92. The van der Waals surface area contributed by atoms with Crippen LogP contribution >= 0.6 is 0 Å². The average molecular weight is 558 g/mol. The molecule has 0 aliphatic carbocycles. The maximum atomic E-state index is 14.8. The van der Waals surface area contributed by atoms with E-state index in [0.717, 1.165) is 12.8 Å². The predicted molar refractivity (Wildman–Crippen MR) is 155 cm³/mol. The third kappa shape index (κ3) is 4.73. The molecule has 6 atom stereocenters. The van der Waals surface area contributed by atoms with Crippen LogP contribution in [0.5, 0.6) is 0 Å². The number of amides is 3. The number of aliphatic hydroxyl groups excluding tert-OH is 1. The van der Waals surface area contributed by atoms with Crippen molar-refractivity contribution in [1.82, 2.24) is 14.7 Å². The van der Waals surface area contributed by atoms with Crippen LogP contribution in [0.1, 0.15) is 81.6 Å². The van der Waals surface area contributed by atoms with Crippen LogP contribution < -0.4 is 0 Å². The Kier molecular flexibility index (Phi) is 8.13. The Bertz CT molecular complexity index is 1070. The van der Waals surface area contributed by atoms with Crippen molar-refractivity contribution in [3.8, 4) is 0 Å². The zero-order chi connectivity index (χ0) is 29.8. The molecule has 3 amide bonds. The highest BCUT2D eigenvalue weighted by Gasteiger charge is 2.76. The molecule has 1 unspecified atom stereocenters. The lowest BCUT2D eigenvalue weighted by Gasteiger charge is -2.46. The molecule has 4 heterocycles. The minimum Gasteiger partial charge on any atom is -0.394 e. The van der Waals surface area contributed by atoms with Crippen molar-refractivity contribution in [2.24, 2.45) is 23.2 Å². The standard InChI is InChI=1S/C32H51N3O5/c1-10-16-33-17-12-14-31(11-2)23(26(33)37)24-27(38)35(22(19-36)21(3)4)25-28(39)34(18-13-15-32(24,25)40-31)30(8,9)20-29(5,6)7/h12-15,21-25,36H,10-11,16-20H2,1-9H3/t22-,23-,24-,25?,31+,32-/m0/s1. The van der Waals surface area contributed by atoms with Crippen LogP contribution in [-0.2, 0) is 19.1 Å². The summed E-state index contributed by atoms with van der Waals surface area (Å²) in [7, 11) is 0. The number of fused-ring (bicyclic) bond motifs is 2. The monoisotopic (exact) mass is 557 g/mol. The van der Waals surface area contributed by atoms with Gasteiger partial charge in [0.1, 0.15) is 11.6 Å². The molecular formula is C32H51N3O5. The molecule has 0 bridgehead atoms. The molecule has 0 radical (unpaired) electrons. The molecule has 4 rings (SSSR count). The Morgan fingerprint density at radius 3 is 2.17 bits per heavy atom. The molecule has 0 saturated carbocycles. The summed E-state index contributed by atoms with van der Waals surface area (Å²) in [6.07, 6.45) is 9.91. The van der Waals surface area contributed by atoms with E-state index in [1.54, 1.807) is 4.90 Å². The van der Waals surface area contributed by atoms with Gasteiger partial charge in [-0.2, -0.15) is 0 Å². The van der Waals surface area contributed by atoms with Crippen molar-refractivity contribution in [1.29, 1.82) is 0 Å². The van der Waals surface area contributed by atoms with Gasteiger partial charge in [0.05, 0.1) is 30.1 Å². The number of hydrogen-bond acceptors (Lipinski definition) is 5. The van der Waals surface area contributed by atoms with Crippen molar-refractivity contribution in [3.63, 3.8) is 0 Å². The lowest BCUT2D eigenvalue weighted by molar-refractivity contribution is -0.161. The normalized spacial score (nSPS) is 33.3. The topological polar surface area (TPSA) is 90.4 Å². The molecule has 0 aromatic carbocycles. The van der Waals surface area contributed by atoms with Crippen LogP contribution in [0.15, 0.2) is 24.3 Å². The van der Waals surface area contributed by atoms with Gasteiger partial charge in [-0.3, -0.25) is 14.4 Å². The van der Waals surface area contributed by atoms with Crippen molar-refractivity contribution >= 4 is 17.7 Å². The highest BCUT2D eigenvalue weighted by Crippen LogP contribution is 2.59. The summed E-state index contributed by atoms with van der Waals surface area (Å²) in [6, 6.07) is -1.55. The van der Waals surface area contributed by atoms with E-state index in [2.05, 4.69) is 34.6 Å². The molecule has 2 fully saturated rings. The maximum Gasteiger partial charge on any atom is 0.249 e. The number of ether oxygens (including phenoxy) is 1. The van der Waals surface area contributed by atoms with Crippen molar-refractivity contribution in [2.75, 3.05) is 26.2 Å². The molecule has 0 aromatic rings. The molecule has 8 nitrogen and oxygen atoms in total. The van der Waals surface area contributed by atoms with Crippen molar-refractivity contribution in [3.05, 3.63) is 24.3 Å². The number of aliphatic hydroxyl groups is 1. The van der Waals surface area contributed by atoms with Gasteiger partial charge in [0.25, 0.3) is 0 Å². The summed E-state index contributed by atoms with van der Waals surface area (Å²) < 4.78 is 7.07. The van der Waals surface area contributed by atoms with Crippen LogP contribution in [0.2, 0.25) is 0 Å². The van der Waals surface area contributed by atoms with E-state index in [1.807, 2.05) is 61.8 Å². The Morgan fingerprint density at radius 1 is 0.975 bits per heavy atom. The number of likely N-dealkylation sites (tertiary alicyclic amines) is 1. The second-order valence-electron chi connectivity index (χ2n) is 14.4. The number of rotatable bonds is 8. The van der Waals surface area contributed by atoms with Crippen LogP contribution in [-0.4, -0.2) is 92.6 Å². The highest BCUT2D eigenvalue weighted by atomic mass is 16.5. The van der Waals surface area contributed by atoms with Gasteiger partial charge in [-0.25, -0.2) is 0 Å².